The second kappa shape index (κ2) is 7.66. The van der Waals surface area contributed by atoms with Gasteiger partial charge in [0, 0.05) is 26.1 Å². The molecule has 21 heavy (non-hydrogen) atoms. The van der Waals surface area contributed by atoms with Gasteiger partial charge in [0.25, 0.3) is 0 Å². The number of carbonyl (C=O) groups excluding carboxylic acids is 2. The number of hydrogen-bond acceptors (Lipinski definition) is 4. The molecule has 0 aromatic carbocycles. The molecule has 0 saturated carbocycles. The molecule has 0 aliphatic carbocycles. The van der Waals surface area contributed by atoms with E-state index in [0.29, 0.717) is 31.7 Å². The molecule has 0 aliphatic heterocycles. The van der Waals surface area contributed by atoms with Crippen molar-refractivity contribution in [1.82, 2.24) is 20.0 Å². The van der Waals surface area contributed by atoms with E-state index in [9.17, 15) is 9.59 Å². The smallest absolute Gasteiger partial charge is 0.241 e. The number of aromatic nitrogens is 2. The minimum absolute atomic E-state index is 0.0515. The molecule has 0 unspecified atom stereocenters. The molecular weight excluding hydrogens is 270 g/mol. The number of nitrogens with zero attached hydrogens (tertiary/aromatic N) is 3. The highest BCUT2D eigenvalue weighted by atomic mass is 16.2. The minimum atomic E-state index is -0.173. The zero-order chi connectivity index (χ0) is 16.0. The Morgan fingerprint density at radius 1 is 1.29 bits per heavy atom. The summed E-state index contributed by atoms with van der Waals surface area (Å²) >= 11 is 0. The van der Waals surface area contributed by atoms with Gasteiger partial charge in [-0.1, -0.05) is 0 Å². The molecule has 1 heterocycles. The first kappa shape index (κ1) is 17.0. The Labute approximate surface area is 125 Å². The highest BCUT2D eigenvalue weighted by molar-refractivity contribution is 5.79. The second-order valence-electron chi connectivity index (χ2n) is 4.91. The number of amides is 2. The van der Waals surface area contributed by atoms with E-state index in [1.807, 2.05) is 20.8 Å². The summed E-state index contributed by atoms with van der Waals surface area (Å²) in [4.78, 5) is 25.4. The summed E-state index contributed by atoms with van der Waals surface area (Å²) in [7, 11) is 0. The molecule has 7 nitrogen and oxygen atoms in total. The van der Waals surface area contributed by atoms with Crippen LogP contribution in [0.25, 0.3) is 0 Å². The molecule has 0 radical (unpaired) electrons. The fourth-order valence-corrected chi connectivity index (χ4v) is 2.10. The molecule has 0 spiro atoms. The average molecular weight is 295 g/mol. The van der Waals surface area contributed by atoms with E-state index in [0.717, 1.165) is 11.4 Å². The standard InChI is InChI=1S/C14H25N5O2/c1-5-18(6-2)13(21)7-8-16-12(20)9-19-11(4)14(15)10(3)17-19/h5-9,15H2,1-4H3,(H,16,20). The second-order valence-corrected chi connectivity index (χ2v) is 4.91. The van der Waals surface area contributed by atoms with Gasteiger partial charge < -0.3 is 16.0 Å². The van der Waals surface area contributed by atoms with Crippen molar-refractivity contribution < 1.29 is 9.59 Å². The molecule has 0 aliphatic rings. The van der Waals surface area contributed by atoms with Crippen LogP contribution in [0.2, 0.25) is 0 Å². The first-order chi connectivity index (χ1) is 9.90. The molecule has 0 atom stereocenters. The number of nitrogens with one attached hydrogen (secondary N) is 1. The molecule has 1 aromatic heterocycles. The van der Waals surface area contributed by atoms with E-state index < -0.39 is 0 Å². The van der Waals surface area contributed by atoms with Gasteiger partial charge in [-0.05, 0) is 27.7 Å². The Morgan fingerprint density at radius 2 is 1.90 bits per heavy atom. The van der Waals surface area contributed by atoms with Gasteiger partial charge >= 0.3 is 0 Å². The largest absolute Gasteiger partial charge is 0.396 e. The van der Waals surface area contributed by atoms with E-state index >= 15 is 0 Å². The van der Waals surface area contributed by atoms with Crippen LogP contribution in [-0.2, 0) is 16.1 Å². The Balaban J connectivity index is 2.41. The summed E-state index contributed by atoms with van der Waals surface area (Å²) < 4.78 is 1.58. The fraction of sp³-hybridized carbons (Fsp3) is 0.643. The SMILES string of the molecule is CCN(CC)C(=O)CCNC(=O)Cn1nc(C)c(N)c1C. The van der Waals surface area contributed by atoms with Crippen molar-refractivity contribution in [2.45, 2.75) is 40.7 Å². The maximum atomic E-state index is 11.8. The van der Waals surface area contributed by atoms with Crippen molar-refractivity contribution in [3.8, 4) is 0 Å². The molecule has 7 heteroatoms. The van der Waals surface area contributed by atoms with E-state index in [1.54, 1.807) is 16.5 Å². The van der Waals surface area contributed by atoms with Gasteiger partial charge in [-0.25, -0.2) is 0 Å². The molecular formula is C14H25N5O2. The van der Waals surface area contributed by atoms with Crippen molar-refractivity contribution in [1.29, 1.82) is 0 Å². The van der Waals surface area contributed by atoms with E-state index in [1.165, 1.54) is 0 Å². The van der Waals surface area contributed by atoms with Crippen LogP contribution in [0.15, 0.2) is 0 Å². The van der Waals surface area contributed by atoms with Crippen LogP contribution in [0.4, 0.5) is 5.69 Å². The number of hydrogen-bond donors (Lipinski definition) is 2. The molecule has 0 saturated heterocycles. The van der Waals surface area contributed by atoms with Crippen molar-refractivity contribution in [2.75, 3.05) is 25.4 Å². The topological polar surface area (TPSA) is 93.2 Å². The van der Waals surface area contributed by atoms with Crippen LogP contribution in [0.5, 0.6) is 0 Å². The quantitative estimate of drug-likeness (QED) is 0.764. The molecule has 3 N–H and O–H groups in total. The molecule has 0 bridgehead atoms. The van der Waals surface area contributed by atoms with E-state index in [4.69, 9.17) is 5.73 Å². The number of aryl methyl sites for hydroxylation is 1. The van der Waals surface area contributed by atoms with Gasteiger partial charge in [0.15, 0.2) is 0 Å². The van der Waals surface area contributed by atoms with Crippen molar-refractivity contribution in [3.05, 3.63) is 11.4 Å². The van der Waals surface area contributed by atoms with Crippen LogP contribution in [0.3, 0.4) is 0 Å². The van der Waals surface area contributed by atoms with Crippen LogP contribution in [0.1, 0.15) is 31.7 Å². The summed E-state index contributed by atoms with van der Waals surface area (Å²) in [6.07, 6.45) is 0.312. The van der Waals surface area contributed by atoms with Gasteiger partial charge in [0.2, 0.25) is 11.8 Å². The van der Waals surface area contributed by atoms with E-state index in [2.05, 4.69) is 10.4 Å². The predicted octanol–water partition coefficient (Wildman–Crippen LogP) is 0.457. The monoisotopic (exact) mass is 295 g/mol. The molecule has 1 aromatic rings. The highest BCUT2D eigenvalue weighted by Crippen LogP contribution is 2.14. The highest BCUT2D eigenvalue weighted by Gasteiger charge is 2.12. The summed E-state index contributed by atoms with van der Waals surface area (Å²) in [5.41, 5.74) is 7.93. The van der Waals surface area contributed by atoms with Gasteiger partial charge in [-0.15, -0.1) is 0 Å². The summed E-state index contributed by atoms with van der Waals surface area (Å²) in [6.45, 7) is 9.33. The third kappa shape index (κ3) is 4.47. The number of nitrogen functional groups attached to an aromatic ring is 1. The number of nitrogens with two attached hydrogens (primary N) is 1. The molecule has 118 valence electrons. The Morgan fingerprint density at radius 3 is 2.38 bits per heavy atom. The van der Waals surface area contributed by atoms with E-state index in [-0.39, 0.29) is 18.4 Å². The Kier molecular flexibility index (Phi) is 6.20. The summed E-state index contributed by atoms with van der Waals surface area (Å²) in [5, 5.41) is 6.94. The lowest BCUT2D eigenvalue weighted by molar-refractivity contribution is -0.130. The first-order valence-corrected chi connectivity index (χ1v) is 7.24. The first-order valence-electron chi connectivity index (χ1n) is 7.24. The molecule has 0 fully saturated rings. The summed E-state index contributed by atoms with van der Waals surface area (Å²) in [6, 6.07) is 0. The zero-order valence-electron chi connectivity index (χ0n) is 13.3. The maximum Gasteiger partial charge on any atom is 0.241 e. The molecule has 2 amide bonds. The van der Waals surface area contributed by atoms with Crippen molar-refractivity contribution in [3.63, 3.8) is 0 Å². The van der Waals surface area contributed by atoms with Crippen molar-refractivity contribution >= 4 is 17.5 Å². The number of anilines is 1. The average Bonchev–Trinajstić information content (AvgIpc) is 2.67. The van der Waals surface area contributed by atoms with Gasteiger partial charge in [-0.2, -0.15) is 5.10 Å². The number of rotatable bonds is 7. The van der Waals surface area contributed by atoms with Gasteiger partial charge in [0.1, 0.15) is 6.54 Å². The third-order valence-electron chi connectivity index (χ3n) is 3.51. The third-order valence-corrected chi connectivity index (χ3v) is 3.51. The normalized spacial score (nSPS) is 10.5. The minimum Gasteiger partial charge on any atom is -0.396 e. The van der Waals surface area contributed by atoms with Crippen LogP contribution in [0, 0.1) is 13.8 Å². The van der Waals surface area contributed by atoms with Crippen LogP contribution < -0.4 is 11.1 Å². The molecule has 1 rings (SSSR count). The lowest BCUT2D eigenvalue weighted by atomic mass is 10.3. The Hall–Kier alpha value is -2.05. The Bertz CT molecular complexity index is 506. The lowest BCUT2D eigenvalue weighted by Crippen LogP contribution is -2.35. The van der Waals surface area contributed by atoms with Crippen LogP contribution in [-0.4, -0.2) is 46.1 Å². The fourth-order valence-electron chi connectivity index (χ4n) is 2.10. The number of carbonyl (C=O) groups is 2. The van der Waals surface area contributed by atoms with Gasteiger partial charge in [-0.3, -0.25) is 14.3 Å². The van der Waals surface area contributed by atoms with Crippen LogP contribution >= 0.6 is 0 Å². The predicted molar refractivity (Wildman–Crippen MR) is 81.7 cm³/mol. The summed E-state index contributed by atoms with van der Waals surface area (Å²) in [5.74, 6) is -0.122. The van der Waals surface area contributed by atoms with Gasteiger partial charge in [0.05, 0.1) is 17.1 Å². The van der Waals surface area contributed by atoms with Crippen molar-refractivity contribution in [2.24, 2.45) is 0 Å². The maximum absolute atomic E-state index is 11.8. The lowest BCUT2D eigenvalue weighted by Gasteiger charge is -2.18. The zero-order valence-corrected chi connectivity index (χ0v) is 13.3.